The van der Waals surface area contributed by atoms with Crippen LogP contribution in [0.5, 0.6) is 5.75 Å². The number of imidazole rings is 1. The summed E-state index contributed by atoms with van der Waals surface area (Å²) in [4.78, 5) is 17.2. The van der Waals surface area contributed by atoms with E-state index in [0.29, 0.717) is 44.7 Å². The first-order chi connectivity index (χ1) is 17.8. The van der Waals surface area contributed by atoms with E-state index in [0.717, 1.165) is 5.82 Å². The molecule has 10 heteroatoms. The third-order valence-electron chi connectivity index (χ3n) is 5.78. The maximum absolute atomic E-state index is 14.9. The minimum atomic E-state index is -0.447. The summed E-state index contributed by atoms with van der Waals surface area (Å²) >= 11 is 6.37. The topological polar surface area (TPSA) is 77.8 Å². The van der Waals surface area contributed by atoms with Gasteiger partial charge in [0.15, 0.2) is 5.82 Å². The van der Waals surface area contributed by atoms with Crippen molar-refractivity contribution in [2.45, 2.75) is 33.4 Å². The fraction of sp³-hybridized carbons (Fsp3) is 0.185. The van der Waals surface area contributed by atoms with Gasteiger partial charge in [-0.1, -0.05) is 11.6 Å². The van der Waals surface area contributed by atoms with E-state index < -0.39 is 11.6 Å². The van der Waals surface area contributed by atoms with Crippen LogP contribution in [0.4, 0.5) is 20.4 Å². The maximum Gasteiger partial charge on any atom is 0.227 e. The van der Waals surface area contributed by atoms with Gasteiger partial charge in [-0.3, -0.25) is 4.98 Å². The van der Waals surface area contributed by atoms with E-state index in [1.165, 1.54) is 24.4 Å². The summed E-state index contributed by atoms with van der Waals surface area (Å²) in [6.07, 6.45) is 3.09. The number of rotatable bonds is 7. The minimum absolute atomic E-state index is 0.0551. The highest BCUT2D eigenvalue weighted by Crippen LogP contribution is 2.31. The summed E-state index contributed by atoms with van der Waals surface area (Å²) in [5.41, 5.74) is 3.02. The Balaban J connectivity index is 1.37. The van der Waals surface area contributed by atoms with E-state index in [1.807, 2.05) is 31.4 Å². The second-order valence-electron chi connectivity index (χ2n) is 8.70. The Morgan fingerprint density at radius 2 is 1.84 bits per heavy atom. The summed E-state index contributed by atoms with van der Waals surface area (Å²) in [5, 5.41) is 3.43. The zero-order valence-electron chi connectivity index (χ0n) is 20.3. The largest absolute Gasteiger partial charge is 0.486 e. The van der Waals surface area contributed by atoms with E-state index >= 15 is 0 Å². The number of pyridine rings is 1. The Hall–Kier alpha value is -4.11. The van der Waals surface area contributed by atoms with Crippen LogP contribution in [-0.2, 0) is 6.61 Å². The van der Waals surface area contributed by atoms with Gasteiger partial charge in [-0.2, -0.15) is 0 Å². The van der Waals surface area contributed by atoms with E-state index in [2.05, 4.69) is 25.3 Å². The molecule has 0 amide bonds. The highest BCUT2D eigenvalue weighted by molar-refractivity contribution is 6.32. The first-order valence-electron chi connectivity index (χ1n) is 11.6. The molecule has 3 aromatic heterocycles. The quantitative estimate of drug-likeness (QED) is 0.248. The van der Waals surface area contributed by atoms with Crippen molar-refractivity contribution < 1.29 is 13.5 Å². The number of hydrogen-bond donors (Lipinski definition) is 1. The van der Waals surface area contributed by atoms with Crippen molar-refractivity contribution in [1.29, 1.82) is 0 Å². The molecule has 0 saturated heterocycles. The molecule has 5 aromatic rings. The monoisotopic (exact) mass is 520 g/mol. The van der Waals surface area contributed by atoms with Gasteiger partial charge in [0.05, 0.1) is 16.2 Å². The molecule has 5 rings (SSSR count). The van der Waals surface area contributed by atoms with Gasteiger partial charge < -0.3 is 14.6 Å². The normalized spacial score (nSPS) is 11.3. The Bertz CT molecular complexity index is 1600. The van der Waals surface area contributed by atoms with Crippen LogP contribution in [-0.4, -0.2) is 24.5 Å². The van der Waals surface area contributed by atoms with Crippen LogP contribution in [0.15, 0.2) is 60.9 Å². The zero-order valence-corrected chi connectivity index (χ0v) is 21.1. The zero-order chi connectivity index (χ0) is 26.1. The fourth-order valence-corrected chi connectivity index (χ4v) is 4.38. The Labute approximate surface area is 217 Å². The van der Waals surface area contributed by atoms with Crippen molar-refractivity contribution in [3.63, 3.8) is 0 Å². The van der Waals surface area contributed by atoms with Gasteiger partial charge in [0.1, 0.15) is 35.2 Å². The molecule has 0 spiro atoms. The molecular weight excluding hydrogens is 498 g/mol. The lowest BCUT2D eigenvalue weighted by Gasteiger charge is -2.12. The van der Waals surface area contributed by atoms with Crippen molar-refractivity contribution >= 4 is 34.3 Å². The second kappa shape index (κ2) is 10.1. The number of nitrogens with zero attached hydrogens (tertiary/aromatic N) is 5. The van der Waals surface area contributed by atoms with Crippen LogP contribution in [0.1, 0.15) is 31.4 Å². The van der Waals surface area contributed by atoms with E-state index in [9.17, 15) is 8.78 Å². The number of hydrogen-bond acceptors (Lipinski definition) is 6. The fourth-order valence-electron chi connectivity index (χ4n) is 4.14. The molecule has 0 atom stereocenters. The average molecular weight is 521 g/mol. The van der Waals surface area contributed by atoms with Crippen LogP contribution >= 0.6 is 11.6 Å². The number of nitrogens with one attached hydrogen (secondary N) is 1. The molecule has 0 fully saturated rings. The number of aryl methyl sites for hydroxylation is 1. The lowest BCUT2D eigenvalue weighted by atomic mass is 10.1. The summed E-state index contributed by atoms with van der Waals surface area (Å²) in [7, 11) is 0. The van der Waals surface area contributed by atoms with Crippen LogP contribution in [0.3, 0.4) is 0 Å². The van der Waals surface area contributed by atoms with Crippen LogP contribution < -0.4 is 10.1 Å². The van der Waals surface area contributed by atoms with Crippen LogP contribution in [0.2, 0.25) is 5.02 Å². The summed E-state index contributed by atoms with van der Waals surface area (Å²) in [6, 6.07) is 13.0. The third-order valence-corrected chi connectivity index (χ3v) is 6.08. The minimum Gasteiger partial charge on any atom is -0.486 e. The van der Waals surface area contributed by atoms with Crippen molar-refractivity contribution in [2.24, 2.45) is 0 Å². The van der Waals surface area contributed by atoms with Gasteiger partial charge in [-0.25, -0.2) is 23.7 Å². The summed E-state index contributed by atoms with van der Waals surface area (Å²) in [5.74, 6) is 0.591. The third kappa shape index (κ3) is 5.08. The molecule has 0 aliphatic carbocycles. The number of aromatic nitrogens is 5. The molecule has 37 heavy (non-hydrogen) atoms. The van der Waals surface area contributed by atoms with Gasteiger partial charge in [-0.15, -0.1) is 0 Å². The molecule has 188 valence electrons. The molecule has 0 saturated carbocycles. The van der Waals surface area contributed by atoms with E-state index in [4.69, 9.17) is 16.3 Å². The number of anilines is 2. The second-order valence-corrected chi connectivity index (χ2v) is 9.11. The molecule has 0 aliphatic heterocycles. The molecule has 7 nitrogen and oxygen atoms in total. The molecule has 3 heterocycles. The lowest BCUT2D eigenvalue weighted by Crippen LogP contribution is -2.03. The van der Waals surface area contributed by atoms with Crippen molar-refractivity contribution in [2.75, 3.05) is 5.32 Å². The predicted molar refractivity (Wildman–Crippen MR) is 139 cm³/mol. The number of halogens is 3. The first-order valence-corrected chi connectivity index (χ1v) is 12.0. The van der Waals surface area contributed by atoms with Crippen LogP contribution in [0.25, 0.3) is 22.3 Å². The molecule has 1 N–H and O–H groups in total. The van der Waals surface area contributed by atoms with Gasteiger partial charge in [-0.05, 0) is 69.3 Å². The highest BCUT2D eigenvalue weighted by atomic mass is 35.5. The molecule has 2 aromatic carbocycles. The summed E-state index contributed by atoms with van der Waals surface area (Å²) < 4.78 is 36.3. The number of ether oxygens (including phenoxy) is 1. The molecule has 0 aliphatic rings. The van der Waals surface area contributed by atoms with Gasteiger partial charge in [0.2, 0.25) is 5.95 Å². The maximum atomic E-state index is 14.9. The van der Waals surface area contributed by atoms with Gasteiger partial charge >= 0.3 is 0 Å². The smallest absolute Gasteiger partial charge is 0.227 e. The molecular formula is C27H23ClF2N6O. The van der Waals surface area contributed by atoms with Gasteiger partial charge in [0.25, 0.3) is 0 Å². The van der Waals surface area contributed by atoms with Gasteiger partial charge in [0, 0.05) is 29.7 Å². The lowest BCUT2D eigenvalue weighted by molar-refractivity contribution is 0.294. The Kier molecular flexibility index (Phi) is 6.71. The first kappa shape index (κ1) is 24.6. The Morgan fingerprint density at radius 3 is 2.59 bits per heavy atom. The molecule has 0 unspecified atom stereocenters. The number of benzene rings is 2. The van der Waals surface area contributed by atoms with E-state index in [1.54, 1.807) is 30.5 Å². The standard InChI is InChI=1S/C27H23ClF2N6O/c1-15(2)36-16(3)33-26-21(30)11-17(12-24(26)36)22-8-10-32-27(35-22)34-18-6-7-25(19(28)13-18)37-14-23-20(29)5-4-9-31-23/h4-13,15H,14H2,1-3H3,(H,32,34,35). The van der Waals surface area contributed by atoms with Crippen LogP contribution in [0, 0.1) is 18.6 Å². The highest BCUT2D eigenvalue weighted by Gasteiger charge is 2.16. The Morgan fingerprint density at radius 1 is 1.00 bits per heavy atom. The summed E-state index contributed by atoms with van der Waals surface area (Å²) in [6.45, 7) is 5.87. The SMILES string of the molecule is Cc1nc2c(F)cc(-c3ccnc(Nc4ccc(OCc5ncccc5F)c(Cl)c4)n3)cc2n1C(C)C. The molecule has 0 bridgehead atoms. The number of fused-ring (bicyclic) bond motifs is 1. The van der Waals surface area contributed by atoms with E-state index in [-0.39, 0.29) is 18.3 Å². The van der Waals surface area contributed by atoms with Crippen molar-refractivity contribution in [1.82, 2.24) is 24.5 Å². The molecule has 0 radical (unpaired) electrons. The predicted octanol–water partition coefficient (Wildman–Crippen LogP) is 7.03. The van der Waals surface area contributed by atoms with Crippen molar-refractivity contribution in [3.8, 4) is 17.0 Å². The average Bonchev–Trinajstić information content (AvgIpc) is 3.21. The van der Waals surface area contributed by atoms with Crippen molar-refractivity contribution in [3.05, 3.63) is 89.1 Å².